The van der Waals surface area contributed by atoms with Crippen LogP contribution in [0.15, 0.2) is 48.5 Å². The van der Waals surface area contributed by atoms with Gasteiger partial charge in [-0.25, -0.2) is 8.78 Å². The Hall–Kier alpha value is -2.69. The summed E-state index contributed by atoms with van der Waals surface area (Å²) < 4.78 is 32.4. The molecule has 0 heterocycles. The van der Waals surface area contributed by atoms with Gasteiger partial charge < -0.3 is 9.64 Å². The number of carbonyl (C=O) groups is 1. The number of halogens is 2. The summed E-state index contributed by atoms with van der Waals surface area (Å²) in [6.45, 7) is 0.234. The zero-order chi connectivity index (χ0) is 17.8. The number of methoxy groups -OCH3 is 1. The molecule has 130 valence electrons. The molecule has 0 atom stereocenters. The first-order valence-corrected chi connectivity index (χ1v) is 8.14. The summed E-state index contributed by atoms with van der Waals surface area (Å²) in [6, 6.07) is 11.1. The topological polar surface area (TPSA) is 29.5 Å². The molecule has 0 aromatic heterocycles. The van der Waals surface area contributed by atoms with Crippen molar-refractivity contribution in [2.45, 2.75) is 25.4 Å². The molecule has 0 unspecified atom stereocenters. The number of amides is 1. The average Bonchev–Trinajstić information content (AvgIpc) is 3.44. The summed E-state index contributed by atoms with van der Waals surface area (Å²) in [6.07, 6.45) is 4.80. The number of benzene rings is 2. The molecule has 2 aromatic rings. The molecule has 0 saturated heterocycles. The van der Waals surface area contributed by atoms with Gasteiger partial charge in [-0.3, -0.25) is 4.79 Å². The van der Waals surface area contributed by atoms with E-state index in [-0.39, 0.29) is 30.1 Å². The maximum absolute atomic E-state index is 13.9. The smallest absolute Gasteiger partial charge is 0.247 e. The Morgan fingerprint density at radius 1 is 1.20 bits per heavy atom. The minimum Gasteiger partial charge on any atom is -0.494 e. The Morgan fingerprint density at radius 3 is 2.60 bits per heavy atom. The van der Waals surface area contributed by atoms with E-state index < -0.39 is 5.82 Å². The second-order valence-electron chi connectivity index (χ2n) is 6.02. The largest absolute Gasteiger partial charge is 0.494 e. The predicted octanol–water partition coefficient (Wildman–Crippen LogP) is 4.18. The van der Waals surface area contributed by atoms with Crippen molar-refractivity contribution in [1.29, 1.82) is 0 Å². The van der Waals surface area contributed by atoms with E-state index in [0.717, 1.165) is 12.8 Å². The van der Waals surface area contributed by atoms with Crippen molar-refractivity contribution in [3.63, 3.8) is 0 Å². The van der Waals surface area contributed by atoms with Crippen molar-refractivity contribution in [3.8, 4) is 5.75 Å². The molecule has 1 aliphatic carbocycles. The van der Waals surface area contributed by atoms with Crippen molar-refractivity contribution in [2.75, 3.05) is 7.11 Å². The highest BCUT2D eigenvalue weighted by Gasteiger charge is 2.31. The van der Waals surface area contributed by atoms with Gasteiger partial charge in [-0.15, -0.1) is 0 Å². The van der Waals surface area contributed by atoms with Crippen LogP contribution in [-0.4, -0.2) is 24.0 Å². The monoisotopic (exact) mass is 343 g/mol. The Morgan fingerprint density at radius 2 is 1.96 bits per heavy atom. The molecule has 0 radical (unpaired) electrons. The lowest BCUT2D eigenvalue weighted by atomic mass is 10.1. The number of carbonyl (C=O) groups excluding carboxylic acids is 1. The number of rotatable bonds is 6. The average molecular weight is 343 g/mol. The van der Waals surface area contributed by atoms with Crippen LogP contribution in [0.3, 0.4) is 0 Å². The zero-order valence-electron chi connectivity index (χ0n) is 13.9. The number of hydrogen-bond donors (Lipinski definition) is 0. The lowest BCUT2D eigenvalue weighted by molar-refractivity contribution is -0.127. The standard InChI is InChI=1S/C20H19F2NO2/c1-25-19-10-6-14(12-18(19)22)7-11-20(24)23(16-8-9-16)13-15-4-2-3-5-17(15)21/h2-7,10-12,16H,8-9,13H2,1H3/b11-7+. The van der Waals surface area contributed by atoms with Crippen molar-refractivity contribution in [2.24, 2.45) is 0 Å². The van der Waals surface area contributed by atoms with E-state index in [1.165, 1.54) is 31.4 Å². The molecular formula is C20H19F2NO2. The van der Waals surface area contributed by atoms with E-state index in [1.54, 1.807) is 35.2 Å². The van der Waals surface area contributed by atoms with E-state index in [2.05, 4.69) is 0 Å². The van der Waals surface area contributed by atoms with Crippen molar-refractivity contribution < 1.29 is 18.3 Å². The van der Waals surface area contributed by atoms with Gasteiger partial charge in [0.05, 0.1) is 7.11 Å². The van der Waals surface area contributed by atoms with Gasteiger partial charge in [-0.05, 0) is 42.7 Å². The minimum atomic E-state index is -0.484. The van der Waals surface area contributed by atoms with Crippen LogP contribution in [-0.2, 0) is 11.3 Å². The molecule has 0 bridgehead atoms. The van der Waals surface area contributed by atoms with Crippen LogP contribution in [0.2, 0.25) is 0 Å². The van der Waals surface area contributed by atoms with Crippen molar-refractivity contribution in [3.05, 3.63) is 71.3 Å². The number of nitrogens with zero attached hydrogens (tertiary/aromatic N) is 1. The van der Waals surface area contributed by atoms with E-state index >= 15 is 0 Å². The highest BCUT2D eigenvalue weighted by atomic mass is 19.1. The highest BCUT2D eigenvalue weighted by molar-refractivity contribution is 5.92. The molecule has 0 N–H and O–H groups in total. The van der Waals surface area contributed by atoms with Crippen LogP contribution >= 0.6 is 0 Å². The van der Waals surface area contributed by atoms with Crippen molar-refractivity contribution in [1.82, 2.24) is 4.90 Å². The fourth-order valence-corrected chi connectivity index (χ4v) is 2.63. The minimum absolute atomic E-state index is 0.143. The molecule has 1 amide bonds. The van der Waals surface area contributed by atoms with Crippen LogP contribution in [0.25, 0.3) is 6.08 Å². The van der Waals surface area contributed by atoms with Gasteiger partial charge in [0.15, 0.2) is 11.6 Å². The van der Waals surface area contributed by atoms with Crippen LogP contribution in [0.4, 0.5) is 8.78 Å². The molecule has 2 aromatic carbocycles. The summed E-state index contributed by atoms with van der Waals surface area (Å²) in [5.41, 5.74) is 1.06. The van der Waals surface area contributed by atoms with Crippen molar-refractivity contribution >= 4 is 12.0 Å². The van der Waals surface area contributed by atoms with Crippen LogP contribution in [0.1, 0.15) is 24.0 Å². The molecule has 1 fully saturated rings. The zero-order valence-corrected chi connectivity index (χ0v) is 13.9. The molecule has 0 spiro atoms. The maximum atomic E-state index is 13.9. The summed E-state index contributed by atoms with van der Waals surface area (Å²) >= 11 is 0. The van der Waals surface area contributed by atoms with E-state index in [4.69, 9.17) is 4.74 Å². The fraction of sp³-hybridized carbons (Fsp3) is 0.250. The normalized spacial score (nSPS) is 13.9. The number of hydrogen-bond acceptors (Lipinski definition) is 2. The highest BCUT2D eigenvalue weighted by Crippen LogP contribution is 2.29. The fourth-order valence-electron chi connectivity index (χ4n) is 2.63. The third kappa shape index (κ3) is 4.24. The quantitative estimate of drug-likeness (QED) is 0.737. The molecule has 3 rings (SSSR count). The molecule has 0 aliphatic heterocycles. The van der Waals surface area contributed by atoms with Gasteiger partial charge in [0.25, 0.3) is 0 Å². The lowest BCUT2D eigenvalue weighted by Crippen LogP contribution is -2.31. The summed E-state index contributed by atoms with van der Waals surface area (Å²) in [5, 5.41) is 0. The van der Waals surface area contributed by atoms with Gasteiger partial charge in [0.1, 0.15) is 5.82 Å². The van der Waals surface area contributed by atoms with Gasteiger partial charge in [0.2, 0.25) is 5.91 Å². The molecule has 1 aliphatic rings. The van der Waals surface area contributed by atoms with Gasteiger partial charge in [-0.1, -0.05) is 24.3 Å². The lowest BCUT2D eigenvalue weighted by Gasteiger charge is -2.21. The summed E-state index contributed by atoms with van der Waals surface area (Å²) in [7, 11) is 1.40. The summed E-state index contributed by atoms with van der Waals surface area (Å²) in [4.78, 5) is 14.2. The summed E-state index contributed by atoms with van der Waals surface area (Å²) in [5.74, 6) is -0.853. The predicted molar refractivity (Wildman–Crippen MR) is 92.0 cm³/mol. The third-order valence-electron chi connectivity index (χ3n) is 4.16. The molecule has 25 heavy (non-hydrogen) atoms. The Bertz CT molecular complexity index is 800. The molecule has 3 nitrogen and oxygen atoms in total. The van der Waals surface area contributed by atoms with E-state index in [9.17, 15) is 13.6 Å². The molecular weight excluding hydrogens is 324 g/mol. The Kier molecular flexibility index (Phi) is 5.12. The molecule has 1 saturated carbocycles. The Labute approximate surface area is 145 Å². The second kappa shape index (κ2) is 7.47. The van der Waals surface area contributed by atoms with Crippen LogP contribution in [0, 0.1) is 11.6 Å². The van der Waals surface area contributed by atoms with Gasteiger partial charge in [0, 0.05) is 24.2 Å². The molecule has 5 heteroatoms. The van der Waals surface area contributed by atoms with Crippen LogP contribution < -0.4 is 4.74 Å². The first-order valence-electron chi connectivity index (χ1n) is 8.14. The maximum Gasteiger partial charge on any atom is 0.247 e. The first kappa shape index (κ1) is 17.1. The van der Waals surface area contributed by atoms with E-state index in [0.29, 0.717) is 11.1 Å². The van der Waals surface area contributed by atoms with Gasteiger partial charge >= 0.3 is 0 Å². The van der Waals surface area contributed by atoms with Crippen LogP contribution in [0.5, 0.6) is 5.75 Å². The first-order chi connectivity index (χ1) is 12.1. The second-order valence-corrected chi connectivity index (χ2v) is 6.02. The van der Waals surface area contributed by atoms with Gasteiger partial charge in [-0.2, -0.15) is 0 Å². The Balaban J connectivity index is 1.73. The third-order valence-corrected chi connectivity index (χ3v) is 4.16. The SMILES string of the molecule is COc1ccc(/C=C/C(=O)N(Cc2ccccc2F)C2CC2)cc1F. The van der Waals surface area contributed by atoms with E-state index in [1.807, 2.05) is 0 Å². The number of ether oxygens (including phenoxy) is 1.